The molecule has 200 valence electrons. The molecular formula is C30H56O4. The molecule has 0 radical (unpaired) electrons. The molecule has 4 heteroatoms. The molecule has 0 amide bonds. The van der Waals surface area contributed by atoms with E-state index in [2.05, 4.69) is 6.92 Å². The molecule has 0 saturated heterocycles. The van der Waals surface area contributed by atoms with E-state index in [9.17, 15) is 14.7 Å². The minimum Gasteiger partial charge on any atom is -0.481 e. The maximum absolute atomic E-state index is 11.6. The maximum atomic E-state index is 11.6. The lowest BCUT2D eigenvalue weighted by molar-refractivity contribution is -0.150. The van der Waals surface area contributed by atoms with Crippen molar-refractivity contribution < 1.29 is 19.4 Å². The zero-order chi connectivity index (χ0) is 25.1. The van der Waals surface area contributed by atoms with Crippen LogP contribution >= 0.6 is 0 Å². The second-order valence-electron chi connectivity index (χ2n) is 9.95. The first kappa shape index (κ1) is 32.7. The highest BCUT2D eigenvalue weighted by Crippen LogP contribution is 2.15. The second kappa shape index (κ2) is 26.3. The van der Waals surface area contributed by atoms with Crippen LogP contribution in [0.15, 0.2) is 12.2 Å². The number of unbranched alkanes of at least 4 members (excludes halogenated alkanes) is 19. The molecule has 1 N–H and O–H groups in total. The van der Waals surface area contributed by atoms with E-state index in [1.807, 2.05) is 13.0 Å². The fourth-order valence-corrected chi connectivity index (χ4v) is 4.29. The third-order valence-electron chi connectivity index (χ3n) is 6.51. The summed E-state index contributed by atoms with van der Waals surface area (Å²) < 4.78 is 4.99. The highest BCUT2D eigenvalue weighted by atomic mass is 16.5. The van der Waals surface area contributed by atoms with E-state index >= 15 is 0 Å². The molecule has 1 atom stereocenters. The molecule has 0 bridgehead atoms. The van der Waals surface area contributed by atoms with Gasteiger partial charge in [0.05, 0.1) is 18.9 Å². The van der Waals surface area contributed by atoms with Gasteiger partial charge in [-0.1, -0.05) is 142 Å². The zero-order valence-corrected chi connectivity index (χ0v) is 22.7. The van der Waals surface area contributed by atoms with Crippen LogP contribution in [0.4, 0.5) is 0 Å². The first-order valence-corrected chi connectivity index (χ1v) is 14.7. The van der Waals surface area contributed by atoms with Crippen molar-refractivity contribution in [2.75, 3.05) is 6.61 Å². The van der Waals surface area contributed by atoms with Gasteiger partial charge in [-0.3, -0.25) is 9.59 Å². The number of allylic oxidation sites excluding steroid dienone is 1. The zero-order valence-electron chi connectivity index (χ0n) is 22.7. The monoisotopic (exact) mass is 480 g/mol. The number of esters is 1. The minimum atomic E-state index is -0.960. The molecule has 4 nitrogen and oxygen atoms in total. The van der Waals surface area contributed by atoms with Gasteiger partial charge < -0.3 is 9.84 Å². The molecule has 0 aromatic carbocycles. The SMILES string of the molecule is CCCCCCCCCCCCCCCCCCCCC/C=C/C(CC(=O)OCCC)C(=O)O. The predicted octanol–water partition coefficient (Wildman–Crippen LogP) is 9.41. The third-order valence-corrected chi connectivity index (χ3v) is 6.51. The number of ether oxygens (including phenoxy) is 1. The number of carboxylic acids is 1. The average molecular weight is 481 g/mol. The summed E-state index contributed by atoms with van der Waals surface area (Å²) in [6, 6.07) is 0. The fourth-order valence-electron chi connectivity index (χ4n) is 4.29. The standard InChI is InChI=1S/C30H56O4/c1-3-5-6-7-8-9-10-11-12-13-14-15-16-17-18-19-20-21-22-23-24-25-28(30(32)33)27-29(31)34-26-4-2/h24-25,28H,3-23,26-27H2,1-2H3,(H,32,33)/b25-24+. The summed E-state index contributed by atoms with van der Waals surface area (Å²) in [4.78, 5) is 22.9. The molecule has 0 aromatic rings. The van der Waals surface area contributed by atoms with Gasteiger partial charge >= 0.3 is 11.9 Å². The Kier molecular flexibility index (Phi) is 25.3. The van der Waals surface area contributed by atoms with Gasteiger partial charge in [0.25, 0.3) is 0 Å². The van der Waals surface area contributed by atoms with E-state index in [-0.39, 0.29) is 6.42 Å². The smallest absolute Gasteiger partial charge is 0.310 e. The summed E-state index contributed by atoms with van der Waals surface area (Å²) in [5, 5.41) is 9.25. The van der Waals surface area contributed by atoms with Crippen LogP contribution in [0.1, 0.15) is 155 Å². The number of hydrogen-bond acceptors (Lipinski definition) is 3. The van der Waals surface area contributed by atoms with Crippen LogP contribution in [0, 0.1) is 5.92 Å². The summed E-state index contributed by atoms with van der Waals surface area (Å²) >= 11 is 0. The molecule has 0 saturated carbocycles. The number of rotatable bonds is 26. The van der Waals surface area contributed by atoms with Crippen molar-refractivity contribution in [2.45, 2.75) is 155 Å². The van der Waals surface area contributed by atoms with Gasteiger partial charge in [-0.05, 0) is 19.3 Å². The van der Waals surface area contributed by atoms with Crippen LogP contribution in [0.5, 0.6) is 0 Å². The van der Waals surface area contributed by atoms with Crippen molar-refractivity contribution in [3.63, 3.8) is 0 Å². The molecule has 1 unspecified atom stereocenters. The Morgan fingerprint density at radius 2 is 1.06 bits per heavy atom. The normalized spacial score (nSPS) is 12.3. The minimum absolute atomic E-state index is 0.0783. The number of hydrogen-bond donors (Lipinski definition) is 1. The average Bonchev–Trinajstić information content (AvgIpc) is 2.82. The quantitative estimate of drug-likeness (QED) is 0.0760. The van der Waals surface area contributed by atoms with Gasteiger partial charge in [0.15, 0.2) is 0 Å². The van der Waals surface area contributed by atoms with Gasteiger partial charge in [0.1, 0.15) is 0 Å². The van der Waals surface area contributed by atoms with Crippen molar-refractivity contribution in [3.05, 3.63) is 12.2 Å². The van der Waals surface area contributed by atoms with E-state index in [0.29, 0.717) is 6.61 Å². The fraction of sp³-hybridized carbons (Fsp3) is 0.867. The lowest BCUT2D eigenvalue weighted by Gasteiger charge is -2.07. The number of carbonyl (C=O) groups excluding carboxylic acids is 1. The third kappa shape index (κ3) is 23.8. The van der Waals surface area contributed by atoms with Crippen molar-refractivity contribution >= 4 is 11.9 Å². The first-order chi connectivity index (χ1) is 16.6. The maximum Gasteiger partial charge on any atom is 0.310 e. The summed E-state index contributed by atoms with van der Waals surface area (Å²) in [5.41, 5.74) is 0. The Labute approximate surface area is 211 Å². The molecule has 0 aliphatic rings. The second-order valence-corrected chi connectivity index (χ2v) is 9.95. The van der Waals surface area contributed by atoms with Crippen LogP contribution in [-0.4, -0.2) is 23.7 Å². The lowest BCUT2D eigenvalue weighted by Crippen LogP contribution is -2.17. The number of carboxylic acid groups (broad SMARTS) is 1. The van der Waals surface area contributed by atoms with Crippen LogP contribution < -0.4 is 0 Å². The van der Waals surface area contributed by atoms with E-state index in [4.69, 9.17) is 4.74 Å². The van der Waals surface area contributed by atoms with E-state index in [1.165, 1.54) is 116 Å². The lowest BCUT2D eigenvalue weighted by atomic mass is 10.0. The summed E-state index contributed by atoms with van der Waals surface area (Å²) in [6.07, 6.45) is 31.1. The van der Waals surface area contributed by atoms with Gasteiger partial charge in [-0.15, -0.1) is 0 Å². The van der Waals surface area contributed by atoms with Crippen LogP contribution in [0.25, 0.3) is 0 Å². The van der Waals surface area contributed by atoms with Crippen LogP contribution in [0.2, 0.25) is 0 Å². The molecular weight excluding hydrogens is 424 g/mol. The molecule has 0 aliphatic heterocycles. The van der Waals surface area contributed by atoms with Gasteiger partial charge in [0.2, 0.25) is 0 Å². The molecule has 34 heavy (non-hydrogen) atoms. The largest absolute Gasteiger partial charge is 0.481 e. The molecule has 0 fully saturated rings. The molecule has 0 rings (SSSR count). The molecule has 0 spiro atoms. The number of carbonyl (C=O) groups is 2. The van der Waals surface area contributed by atoms with E-state index in [1.54, 1.807) is 6.08 Å². The van der Waals surface area contributed by atoms with Crippen molar-refractivity contribution in [1.29, 1.82) is 0 Å². The van der Waals surface area contributed by atoms with Gasteiger partial charge in [-0.25, -0.2) is 0 Å². The highest BCUT2D eigenvalue weighted by Gasteiger charge is 2.18. The van der Waals surface area contributed by atoms with Crippen molar-refractivity contribution in [2.24, 2.45) is 5.92 Å². The van der Waals surface area contributed by atoms with Crippen LogP contribution in [-0.2, 0) is 14.3 Å². The Morgan fingerprint density at radius 3 is 1.44 bits per heavy atom. The first-order valence-electron chi connectivity index (χ1n) is 14.7. The predicted molar refractivity (Wildman–Crippen MR) is 144 cm³/mol. The van der Waals surface area contributed by atoms with Gasteiger partial charge in [0, 0.05) is 0 Å². The summed E-state index contributed by atoms with van der Waals surface area (Å²) in [6.45, 7) is 4.56. The van der Waals surface area contributed by atoms with E-state index < -0.39 is 17.9 Å². The Morgan fingerprint density at radius 1 is 0.647 bits per heavy atom. The van der Waals surface area contributed by atoms with Crippen LogP contribution in [0.3, 0.4) is 0 Å². The summed E-state index contributed by atoms with van der Waals surface area (Å²) in [7, 11) is 0. The summed E-state index contributed by atoms with van der Waals surface area (Å²) in [5.74, 6) is -2.16. The van der Waals surface area contributed by atoms with Crippen molar-refractivity contribution in [1.82, 2.24) is 0 Å². The van der Waals surface area contributed by atoms with E-state index in [0.717, 1.165) is 19.3 Å². The van der Waals surface area contributed by atoms with Gasteiger partial charge in [-0.2, -0.15) is 0 Å². The molecule has 0 heterocycles. The molecule has 0 aliphatic carbocycles. The Hall–Kier alpha value is -1.32. The molecule has 0 aromatic heterocycles. The Balaban J connectivity index is 3.41. The Bertz CT molecular complexity index is 486. The number of aliphatic carboxylic acids is 1. The topological polar surface area (TPSA) is 63.6 Å². The highest BCUT2D eigenvalue weighted by molar-refractivity contribution is 5.80. The van der Waals surface area contributed by atoms with Crippen molar-refractivity contribution in [3.8, 4) is 0 Å².